The van der Waals surface area contributed by atoms with Gasteiger partial charge in [-0.2, -0.15) is 9.61 Å². The lowest BCUT2D eigenvalue weighted by atomic mass is 10.1. The summed E-state index contributed by atoms with van der Waals surface area (Å²) in [6.45, 7) is 0.648. The first-order valence-corrected chi connectivity index (χ1v) is 8.20. The van der Waals surface area contributed by atoms with Gasteiger partial charge >= 0.3 is 0 Å². The molecule has 2 aromatic heterocycles. The van der Waals surface area contributed by atoms with Gasteiger partial charge in [-0.25, -0.2) is 9.37 Å². The van der Waals surface area contributed by atoms with Crippen LogP contribution in [-0.2, 0) is 6.54 Å². The van der Waals surface area contributed by atoms with Crippen LogP contribution in [0.2, 0.25) is 0 Å². The Bertz CT molecular complexity index is 1030. The van der Waals surface area contributed by atoms with Crippen LogP contribution in [-0.4, -0.2) is 21.7 Å². The summed E-state index contributed by atoms with van der Waals surface area (Å²) in [4.78, 5) is 4.43. The van der Waals surface area contributed by atoms with Gasteiger partial charge in [-0.15, -0.1) is 0 Å². The van der Waals surface area contributed by atoms with Gasteiger partial charge in [-0.1, -0.05) is 24.3 Å². The molecule has 0 saturated heterocycles. The van der Waals surface area contributed by atoms with Crippen molar-refractivity contribution in [1.29, 1.82) is 0 Å². The second kappa shape index (κ2) is 6.84. The smallest absolute Gasteiger partial charge is 0.165 e. The molecule has 0 bridgehead atoms. The summed E-state index contributed by atoms with van der Waals surface area (Å²) in [6.07, 6.45) is 3.48. The lowest BCUT2D eigenvalue weighted by molar-refractivity contribution is 0.414. The van der Waals surface area contributed by atoms with Crippen LogP contribution in [0, 0.1) is 5.82 Å². The zero-order chi connectivity index (χ0) is 17.9. The lowest BCUT2D eigenvalue weighted by Gasteiger charge is -2.09. The van der Waals surface area contributed by atoms with Crippen LogP contribution < -0.4 is 10.1 Å². The maximum absolute atomic E-state index is 13.2. The lowest BCUT2D eigenvalue weighted by Crippen LogP contribution is -2.05. The van der Waals surface area contributed by atoms with Crippen LogP contribution in [0.5, 0.6) is 5.75 Å². The largest absolute Gasteiger partial charge is 0.497 e. The number of ether oxygens (including phenoxy) is 1. The molecule has 4 rings (SSSR count). The number of nitrogens with zero attached hydrogens (tertiary/aromatic N) is 3. The quantitative estimate of drug-likeness (QED) is 0.588. The summed E-state index contributed by atoms with van der Waals surface area (Å²) in [5.74, 6) is 1.40. The van der Waals surface area contributed by atoms with Crippen molar-refractivity contribution in [1.82, 2.24) is 14.6 Å². The van der Waals surface area contributed by atoms with E-state index < -0.39 is 0 Å². The number of rotatable bonds is 5. The van der Waals surface area contributed by atoms with Gasteiger partial charge in [0.05, 0.1) is 13.3 Å². The van der Waals surface area contributed by atoms with Crippen molar-refractivity contribution in [3.05, 3.63) is 78.4 Å². The van der Waals surface area contributed by atoms with Crippen LogP contribution >= 0.6 is 0 Å². The molecule has 0 aliphatic heterocycles. The van der Waals surface area contributed by atoms with Gasteiger partial charge in [0.1, 0.15) is 17.4 Å². The van der Waals surface area contributed by atoms with Gasteiger partial charge in [0.2, 0.25) is 0 Å². The maximum atomic E-state index is 13.2. The molecule has 2 heterocycles. The normalized spacial score (nSPS) is 10.8. The average Bonchev–Trinajstić information content (AvgIpc) is 3.12. The summed E-state index contributed by atoms with van der Waals surface area (Å²) < 4.78 is 20.1. The number of fused-ring (bicyclic) bond motifs is 1. The molecule has 0 aliphatic carbocycles. The van der Waals surface area contributed by atoms with E-state index in [1.54, 1.807) is 36.2 Å². The van der Waals surface area contributed by atoms with Gasteiger partial charge in [-0.05, 0) is 41.5 Å². The van der Waals surface area contributed by atoms with E-state index >= 15 is 0 Å². The number of benzene rings is 2. The molecule has 1 N–H and O–H groups in total. The van der Waals surface area contributed by atoms with Gasteiger partial charge in [-0.3, -0.25) is 0 Å². The molecule has 0 saturated carbocycles. The minimum Gasteiger partial charge on any atom is -0.497 e. The molecule has 26 heavy (non-hydrogen) atoms. The van der Waals surface area contributed by atoms with Crippen molar-refractivity contribution in [3.63, 3.8) is 0 Å². The highest BCUT2D eigenvalue weighted by atomic mass is 19.1. The second-order valence-electron chi connectivity index (χ2n) is 5.83. The fourth-order valence-electron chi connectivity index (χ4n) is 2.79. The Balaban J connectivity index is 1.61. The Labute approximate surface area is 150 Å². The maximum Gasteiger partial charge on any atom is 0.165 e. The first-order valence-electron chi connectivity index (χ1n) is 8.20. The highest BCUT2D eigenvalue weighted by Crippen LogP contribution is 2.25. The minimum absolute atomic E-state index is 0.264. The molecular formula is C20H17FN4O. The number of aromatic nitrogens is 3. The molecule has 0 amide bonds. The van der Waals surface area contributed by atoms with E-state index in [0.717, 1.165) is 33.9 Å². The molecule has 6 heteroatoms. The zero-order valence-electron chi connectivity index (χ0n) is 14.2. The molecule has 0 radical (unpaired) electrons. The van der Waals surface area contributed by atoms with E-state index in [0.29, 0.717) is 6.54 Å². The second-order valence-corrected chi connectivity index (χ2v) is 5.83. The number of anilines is 1. The molecule has 2 aromatic carbocycles. The number of methoxy groups -OCH3 is 1. The summed E-state index contributed by atoms with van der Waals surface area (Å²) in [7, 11) is 1.65. The summed E-state index contributed by atoms with van der Waals surface area (Å²) in [6, 6.07) is 16.1. The predicted molar refractivity (Wildman–Crippen MR) is 98.7 cm³/mol. The Hall–Kier alpha value is -3.41. The van der Waals surface area contributed by atoms with Crippen molar-refractivity contribution in [2.45, 2.75) is 6.54 Å². The van der Waals surface area contributed by atoms with Crippen molar-refractivity contribution in [3.8, 4) is 16.9 Å². The van der Waals surface area contributed by atoms with Crippen molar-refractivity contribution < 1.29 is 9.13 Å². The Morgan fingerprint density at radius 2 is 1.81 bits per heavy atom. The minimum atomic E-state index is -0.264. The van der Waals surface area contributed by atoms with Crippen LogP contribution in [0.4, 0.5) is 10.2 Å². The molecule has 0 aliphatic rings. The van der Waals surface area contributed by atoms with Crippen LogP contribution in [0.15, 0.2) is 67.0 Å². The molecule has 4 aromatic rings. The number of hydrogen-bond donors (Lipinski definition) is 1. The van der Waals surface area contributed by atoms with E-state index in [-0.39, 0.29) is 5.82 Å². The first kappa shape index (κ1) is 16.1. The summed E-state index contributed by atoms with van der Waals surface area (Å²) in [5, 5.41) is 7.81. The van der Waals surface area contributed by atoms with Crippen LogP contribution in [0.3, 0.4) is 0 Å². The third-order valence-corrected chi connectivity index (χ3v) is 4.19. The predicted octanol–water partition coefficient (Wildman–Crippen LogP) is 4.16. The SMILES string of the molecule is COc1ccc(CNc2ccnc3c(-c4ccc(F)cc4)cnn23)cc1. The van der Waals surface area contributed by atoms with Crippen molar-refractivity contribution in [2.75, 3.05) is 12.4 Å². The Morgan fingerprint density at radius 1 is 1.04 bits per heavy atom. The van der Waals surface area contributed by atoms with E-state index in [2.05, 4.69) is 15.4 Å². The number of halogens is 1. The van der Waals surface area contributed by atoms with Gasteiger partial charge < -0.3 is 10.1 Å². The number of nitrogens with one attached hydrogen (secondary N) is 1. The van der Waals surface area contributed by atoms with Gasteiger partial charge in [0.25, 0.3) is 0 Å². The van der Waals surface area contributed by atoms with E-state index in [1.807, 2.05) is 30.3 Å². The molecule has 5 nitrogen and oxygen atoms in total. The fourth-order valence-corrected chi connectivity index (χ4v) is 2.79. The van der Waals surface area contributed by atoms with Crippen molar-refractivity contribution in [2.24, 2.45) is 0 Å². The van der Waals surface area contributed by atoms with E-state index in [4.69, 9.17) is 4.74 Å². The molecule has 0 unspecified atom stereocenters. The highest BCUT2D eigenvalue weighted by Gasteiger charge is 2.10. The first-order chi connectivity index (χ1) is 12.7. The van der Waals surface area contributed by atoms with Crippen LogP contribution in [0.25, 0.3) is 16.8 Å². The summed E-state index contributed by atoms with van der Waals surface area (Å²) in [5.41, 5.74) is 3.58. The molecular weight excluding hydrogens is 331 g/mol. The standard InChI is InChI=1S/C20H17FN4O/c1-26-17-8-2-14(3-9-17)12-23-19-10-11-22-20-18(13-24-25(19)20)15-4-6-16(21)7-5-15/h2-11,13,23H,12H2,1H3. The Morgan fingerprint density at radius 3 is 2.54 bits per heavy atom. The third-order valence-electron chi connectivity index (χ3n) is 4.19. The highest BCUT2D eigenvalue weighted by molar-refractivity contribution is 5.77. The van der Waals surface area contributed by atoms with Gasteiger partial charge in [0, 0.05) is 18.3 Å². The van der Waals surface area contributed by atoms with E-state index in [1.165, 1.54) is 12.1 Å². The molecule has 0 fully saturated rings. The fraction of sp³-hybridized carbons (Fsp3) is 0.100. The molecule has 0 spiro atoms. The third kappa shape index (κ3) is 3.09. The molecule has 0 atom stereocenters. The molecule has 130 valence electrons. The van der Waals surface area contributed by atoms with Gasteiger partial charge in [0.15, 0.2) is 5.65 Å². The number of hydrogen-bond acceptors (Lipinski definition) is 4. The monoisotopic (exact) mass is 348 g/mol. The zero-order valence-corrected chi connectivity index (χ0v) is 14.2. The average molecular weight is 348 g/mol. The van der Waals surface area contributed by atoms with Crippen LogP contribution in [0.1, 0.15) is 5.56 Å². The van der Waals surface area contributed by atoms with Crippen molar-refractivity contribution >= 4 is 11.5 Å². The Kier molecular flexibility index (Phi) is 4.23. The van der Waals surface area contributed by atoms with E-state index in [9.17, 15) is 4.39 Å². The topological polar surface area (TPSA) is 51.5 Å². The summed E-state index contributed by atoms with van der Waals surface area (Å²) >= 11 is 0.